The fourth-order valence-corrected chi connectivity index (χ4v) is 2.61. The number of hydrogen-bond acceptors (Lipinski definition) is 2. The third-order valence-electron chi connectivity index (χ3n) is 3.68. The van der Waals surface area contributed by atoms with Crippen molar-refractivity contribution in [2.75, 3.05) is 18.8 Å². The lowest BCUT2D eigenvalue weighted by atomic mass is 9.89. The molecular weight excluding hydrogens is 224 g/mol. The monoisotopic (exact) mass is 246 g/mol. The highest BCUT2D eigenvalue weighted by molar-refractivity contribution is 5.78. The van der Waals surface area contributed by atoms with Crippen LogP contribution in [0.3, 0.4) is 0 Å². The van der Waals surface area contributed by atoms with Gasteiger partial charge in [0.15, 0.2) is 0 Å². The predicted octanol–water partition coefficient (Wildman–Crippen LogP) is 2.63. The summed E-state index contributed by atoms with van der Waals surface area (Å²) in [6.45, 7) is 5.67. The number of carbonyl (C=O) groups excluding carboxylic acids is 1. The summed E-state index contributed by atoms with van der Waals surface area (Å²) >= 11 is 0. The highest BCUT2D eigenvalue weighted by Crippen LogP contribution is 2.29. The first-order chi connectivity index (χ1) is 8.58. The van der Waals surface area contributed by atoms with Crippen LogP contribution in [0.4, 0.5) is 5.69 Å². The number of hydrogen-bond donors (Lipinski definition) is 1. The topological polar surface area (TPSA) is 46.3 Å². The first kappa shape index (κ1) is 12.9. The molecule has 3 nitrogen and oxygen atoms in total. The molecule has 1 aliphatic heterocycles. The lowest BCUT2D eigenvalue weighted by Crippen LogP contribution is -2.40. The van der Waals surface area contributed by atoms with E-state index in [-0.39, 0.29) is 11.8 Å². The number of likely N-dealkylation sites (tertiary alicyclic amines) is 1. The van der Waals surface area contributed by atoms with E-state index in [0.717, 1.165) is 31.6 Å². The zero-order valence-corrected chi connectivity index (χ0v) is 11.2. The van der Waals surface area contributed by atoms with Crippen LogP contribution in [-0.4, -0.2) is 23.9 Å². The second kappa shape index (κ2) is 5.42. The van der Waals surface area contributed by atoms with Gasteiger partial charge in [0.2, 0.25) is 5.91 Å². The van der Waals surface area contributed by atoms with E-state index in [1.54, 1.807) is 0 Å². The van der Waals surface area contributed by atoms with E-state index in [1.807, 2.05) is 30.9 Å². The molecule has 0 radical (unpaired) electrons. The summed E-state index contributed by atoms with van der Waals surface area (Å²) in [5.41, 5.74) is 7.95. The third-order valence-corrected chi connectivity index (χ3v) is 3.68. The van der Waals surface area contributed by atoms with Crippen LogP contribution in [0.1, 0.15) is 38.2 Å². The molecule has 1 fully saturated rings. The molecule has 1 amide bonds. The van der Waals surface area contributed by atoms with Gasteiger partial charge in [-0.15, -0.1) is 0 Å². The smallest absolute Gasteiger partial charge is 0.225 e. The van der Waals surface area contributed by atoms with Crippen molar-refractivity contribution < 1.29 is 4.79 Å². The molecule has 3 heteroatoms. The Hall–Kier alpha value is -1.51. The number of benzene rings is 1. The molecule has 1 aromatic carbocycles. The molecule has 0 atom stereocenters. The number of nitrogens with two attached hydrogens (primary N) is 1. The van der Waals surface area contributed by atoms with Crippen LogP contribution < -0.4 is 5.73 Å². The minimum atomic E-state index is 0.105. The van der Waals surface area contributed by atoms with Gasteiger partial charge in [-0.25, -0.2) is 0 Å². The second-order valence-corrected chi connectivity index (χ2v) is 5.42. The molecule has 18 heavy (non-hydrogen) atoms. The van der Waals surface area contributed by atoms with E-state index >= 15 is 0 Å². The number of amides is 1. The average Bonchev–Trinajstić information content (AvgIpc) is 2.38. The normalized spacial score (nSPS) is 17.2. The van der Waals surface area contributed by atoms with Crippen molar-refractivity contribution in [1.82, 2.24) is 4.90 Å². The zero-order valence-electron chi connectivity index (χ0n) is 11.2. The lowest BCUT2D eigenvalue weighted by molar-refractivity contribution is -0.135. The minimum absolute atomic E-state index is 0.105. The largest absolute Gasteiger partial charge is 0.399 e. The molecular formula is C15H22N2O. The van der Waals surface area contributed by atoms with Crippen molar-refractivity contribution in [2.24, 2.45) is 5.92 Å². The fraction of sp³-hybridized carbons (Fsp3) is 0.533. The minimum Gasteiger partial charge on any atom is -0.399 e. The van der Waals surface area contributed by atoms with Gasteiger partial charge < -0.3 is 10.6 Å². The van der Waals surface area contributed by atoms with Crippen LogP contribution in [0.5, 0.6) is 0 Å². The molecule has 0 bridgehead atoms. The lowest BCUT2D eigenvalue weighted by Gasteiger charge is -2.33. The quantitative estimate of drug-likeness (QED) is 0.815. The molecule has 0 spiro atoms. The van der Waals surface area contributed by atoms with Crippen molar-refractivity contribution in [1.29, 1.82) is 0 Å². The zero-order chi connectivity index (χ0) is 13.1. The van der Waals surface area contributed by atoms with Gasteiger partial charge in [-0.1, -0.05) is 26.0 Å². The average molecular weight is 246 g/mol. The van der Waals surface area contributed by atoms with Gasteiger partial charge in [0.1, 0.15) is 0 Å². The molecule has 2 rings (SSSR count). The predicted molar refractivity (Wildman–Crippen MR) is 74.2 cm³/mol. The van der Waals surface area contributed by atoms with Crippen LogP contribution >= 0.6 is 0 Å². The summed E-state index contributed by atoms with van der Waals surface area (Å²) in [6.07, 6.45) is 2.09. The van der Waals surface area contributed by atoms with E-state index in [0.29, 0.717) is 5.92 Å². The molecule has 0 saturated carbocycles. The Morgan fingerprint density at radius 2 is 2.00 bits per heavy atom. The number of rotatable bonds is 2. The summed E-state index contributed by atoms with van der Waals surface area (Å²) < 4.78 is 0. The Bertz CT molecular complexity index is 420. The molecule has 1 aromatic rings. The van der Waals surface area contributed by atoms with Crippen LogP contribution in [0.25, 0.3) is 0 Å². The van der Waals surface area contributed by atoms with Crippen molar-refractivity contribution in [2.45, 2.75) is 32.6 Å². The van der Waals surface area contributed by atoms with Gasteiger partial charge in [0, 0.05) is 24.7 Å². The summed E-state index contributed by atoms with van der Waals surface area (Å²) in [4.78, 5) is 13.9. The van der Waals surface area contributed by atoms with Gasteiger partial charge in [-0.3, -0.25) is 4.79 Å². The van der Waals surface area contributed by atoms with E-state index in [1.165, 1.54) is 5.56 Å². The standard InChI is InChI=1S/C15H22N2O/c1-11(2)15(18)17-8-6-12(7-9-17)13-4-3-5-14(16)10-13/h3-5,10-12H,6-9,16H2,1-2H3. The highest BCUT2D eigenvalue weighted by Gasteiger charge is 2.24. The maximum Gasteiger partial charge on any atom is 0.225 e. The Kier molecular flexibility index (Phi) is 3.90. The molecule has 0 aliphatic carbocycles. The maximum atomic E-state index is 11.9. The van der Waals surface area contributed by atoms with Gasteiger partial charge in [0.25, 0.3) is 0 Å². The maximum absolute atomic E-state index is 11.9. The van der Waals surface area contributed by atoms with Crippen molar-refractivity contribution >= 4 is 11.6 Å². The van der Waals surface area contributed by atoms with E-state index < -0.39 is 0 Å². The molecule has 0 unspecified atom stereocenters. The van der Waals surface area contributed by atoms with E-state index in [4.69, 9.17) is 5.73 Å². The highest BCUT2D eigenvalue weighted by atomic mass is 16.2. The van der Waals surface area contributed by atoms with Crippen molar-refractivity contribution in [3.63, 3.8) is 0 Å². The molecule has 2 N–H and O–H groups in total. The first-order valence-electron chi connectivity index (χ1n) is 6.72. The Morgan fingerprint density at radius 3 is 2.56 bits per heavy atom. The number of nitrogen functional groups attached to an aromatic ring is 1. The summed E-state index contributed by atoms with van der Waals surface area (Å²) in [7, 11) is 0. The first-order valence-corrected chi connectivity index (χ1v) is 6.72. The number of nitrogens with zero attached hydrogens (tertiary/aromatic N) is 1. The van der Waals surface area contributed by atoms with Crippen LogP contribution in [0.2, 0.25) is 0 Å². The summed E-state index contributed by atoms with van der Waals surface area (Å²) in [5.74, 6) is 0.930. The van der Waals surface area contributed by atoms with Gasteiger partial charge in [0.05, 0.1) is 0 Å². The molecule has 98 valence electrons. The molecule has 1 aliphatic rings. The second-order valence-electron chi connectivity index (χ2n) is 5.42. The van der Waals surface area contributed by atoms with E-state index in [2.05, 4.69) is 12.1 Å². The number of anilines is 1. The molecule has 1 heterocycles. The summed E-state index contributed by atoms with van der Waals surface area (Å²) in [5, 5.41) is 0. The summed E-state index contributed by atoms with van der Waals surface area (Å²) in [6, 6.07) is 8.13. The van der Waals surface area contributed by atoms with Crippen molar-refractivity contribution in [3.8, 4) is 0 Å². The number of piperidine rings is 1. The molecule has 1 saturated heterocycles. The molecule has 0 aromatic heterocycles. The van der Waals surface area contributed by atoms with E-state index in [9.17, 15) is 4.79 Å². The Balaban J connectivity index is 1.96. The Morgan fingerprint density at radius 1 is 1.33 bits per heavy atom. The van der Waals surface area contributed by atoms with Crippen LogP contribution in [-0.2, 0) is 4.79 Å². The van der Waals surface area contributed by atoms with Gasteiger partial charge in [-0.05, 0) is 36.5 Å². The SMILES string of the molecule is CC(C)C(=O)N1CCC(c2cccc(N)c2)CC1. The number of carbonyl (C=O) groups is 1. The van der Waals surface area contributed by atoms with Crippen LogP contribution in [0, 0.1) is 5.92 Å². The van der Waals surface area contributed by atoms with Gasteiger partial charge in [-0.2, -0.15) is 0 Å². The van der Waals surface area contributed by atoms with Crippen molar-refractivity contribution in [3.05, 3.63) is 29.8 Å². The third kappa shape index (κ3) is 2.84. The van der Waals surface area contributed by atoms with Gasteiger partial charge >= 0.3 is 0 Å². The fourth-order valence-electron chi connectivity index (χ4n) is 2.61. The Labute approximate surface area is 109 Å². The van der Waals surface area contributed by atoms with Crippen LogP contribution in [0.15, 0.2) is 24.3 Å².